The van der Waals surface area contributed by atoms with Crippen LogP contribution in [0.3, 0.4) is 0 Å². The summed E-state index contributed by atoms with van der Waals surface area (Å²) in [5.74, 6) is 1.37. The number of aromatic nitrogens is 2. The highest BCUT2D eigenvalue weighted by Gasteiger charge is 2.26. The third kappa shape index (κ3) is 5.69. The third-order valence-corrected chi connectivity index (χ3v) is 6.45. The zero-order chi connectivity index (χ0) is 23.6. The van der Waals surface area contributed by atoms with Gasteiger partial charge in [0.1, 0.15) is 0 Å². The van der Waals surface area contributed by atoms with Crippen molar-refractivity contribution in [2.45, 2.75) is 59.4 Å². The molecular weight excluding hydrogens is 412 g/mol. The summed E-state index contributed by atoms with van der Waals surface area (Å²) in [7, 11) is 0. The molecule has 1 N–H and O–H groups in total. The molecule has 1 aliphatic heterocycles. The zero-order valence-corrected chi connectivity index (χ0v) is 20.3. The maximum absolute atomic E-state index is 12.8. The molecule has 2 aromatic carbocycles. The first kappa shape index (κ1) is 23.2. The number of carbonyl (C=O) groups excluding carboxylic acids is 1. The molecule has 4 rings (SSSR count). The van der Waals surface area contributed by atoms with Crippen LogP contribution in [-0.4, -0.2) is 34.0 Å². The lowest BCUT2D eigenvalue weighted by molar-refractivity contribution is -0.121. The van der Waals surface area contributed by atoms with Crippen molar-refractivity contribution < 1.29 is 9.32 Å². The molecule has 0 unspecified atom stereocenters. The van der Waals surface area contributed by atoms with E-state index in [1.807, 2.05) is 26.0 Å². The van der Waals surface area contributed by atoms with Crippen LogP contribution in [-0.2, 0) is 16.8 Å². The topological polar surface area (TPSA) is 71.3 Å². The fourth-order valence-electron chi connectivity index (χ4n) is 4.21. The van der Waals surface area contributed by atoms with E-state index in [2.05, 4.69) is 71.5 Å². The van der Waals surface area contributed by atoms with Gasteiger partial charge < -0.3 is 9.84 Å². The molecule has 0 aliphatic carbocycles. The van der Waals surface area contributed by atoms with Crippen molar-refractivity contribution in [3.05, 3.63) is 65.0 Å². The first-order valence-electron chi connectivity index (χ1n) is 11.7. The largest absolute Gasteiger partial charge is 0.338 e. The second kappa shape index (κ2) is 9.48. The number of hydrogen-bond donors (Lipinski definition) is 1. The van der Waals surface area contributed by atoms with Crippen LogP contribution in [0.5, 0.6) is 0 Å². The number of rotatable bonds is 5. The number of benzene rings is 2. The highest BCUT2D eigenvalue weighted by atomic mass is 16.5. The molecule has 6 heteroatoms. The summed E-state index contributed by atoms with van der Waals surface area (Å²) in [6, 6.07) is 14.5. The second-order valence-electron chi connectivity index (χ2n) is 10.2. The first-order chi connectivity index (χ1) is 15.7. The van der Waals surface area contributed by atoms with Crippen LogP contribution in [0.1, 0.15) is 56.2 Å². The molecule has 2 heterocycles. The average molecular weight is 447 g/mol. The van der Waals surface area contributed by atoms with Crippen molar-refractivity contribution in [2.75, 3.05) is 18.4 Å². The molecule has 3 aromatic rings. The monoisotopic (exact) mass is 446 g/mol. The molecule has 0 spiro atoms. The molecule has 174 valence electrons. The maximum atomic E-state index is 12.8. The number of likely N-dealkylation sites (tertiary alicyclic amines) is 1. The summed E-state index contributed by atoms with van der Waals surface area (Å²) in [5, 5.41) is 7.29. The Morgan fingerprint density at radius 3 is 2.45 bits per heavy atom. The van der Waals surface area contributed by atoms with Crippen LogP contribution >= 0.6 is 0 Å². The minimum absolute atomic E-state index is 0.0285. The van der Waals surface area contributed by atoms with Gasteiger partial charge in [-0.15, -0.1) is 0 Å². The van der Waals surface area contributed by atoms with Gasteiger partial charge in [-0.1, -0.05) is 62.3 Å². The van der Waals surface area contributed by atoms with Gasteiger partial charge in [0.05, 0.1) is 6.54 Å². The van der Waals surface area contributed by atoms with Crippen LogP contribution in [0, 0.1) is 19.8 Å². The number of hydrogen-bond acceptors (Lipinski definition) is 5. The first-order valence-corrected chi connectivity index (χ1v) is 11.7. The van der Waals surface area contributed by atoms with Crippen molar-refractivity contribution in [2.24, 2.45) is 5.92 Å². The van der Waals surface area contributed by atoms with Crippen LogP contribution in [0.15, 0.2) is 47.0 Å². The molecule has 0 bridgehead atoms. The summed E-state index contributed by atoms with van der Waals surface area (Å²) in [6.45, 7) is 12.9. The van der Waals surface area contributed by atoms with Gasteiger partial charge in [-0.3, -0.25) is 9.69 Å². The van der Waals surface area contributed by atoms with Crippen molar-refractivity contribution >= 4 is 11.6 Å². The number of anilines is 1. The summed E-state index contributed by atoms with van der Waals surface area (Å²) >= 11 is 0. The molecule has 33 heavy (non-hydrogen) atoms. The van der Waals surface area contributed by atoms with E-state index < -0.39 is 0 Å². The van der Waals surface area contributed by atoms with E-state index in [-0.39, 0.29) is 17.2 Å². The van der Waals surface area contributed by atoms with Crippen molar-refractivity contribution in [1.82, 2.24) is 15.0 Å². The number of nitrogens with zero attached hydrogens (tertiary/aromatic N) is 3. The van der Waals surface area contributed by atoms with E-state index in [0.29, 0.717) is 18.3 Å². The minimum Gasteiger partial charge on any atom is -0.338 e. The summed E-state index contributed by atoms with van der Waals surface area (Å²) in [6.07, 6.45) is 1.65. The summed E-state index contributed by atoms with van der Waals surface area (Å²) in [5.41, 5.74) is 5.50. The lowest BCUT2D eigenvalue weighted by atomic mass is 9.87. The highest BCUT2D eigenvalue weighted by molar-refractivity contribution is 5.93. The molecule has 1 aromatic heterocycles. The van der Waals surface area contributed by atoms with E-state index >= 15 is 0 Å². The van der Waals surface area contributed by atoms with Gasteiger partial charge >= 0.3 is 0 Å². The molecule has 1 amide bonds. The average Bonchev–Trinajstić information content (AvgIpc) is 3.25. The van der Waals surface area contributed by atoms with E-state index in [1.54, 1.807) is 0 Å². The summed E-state index contributed by atoms with van der Waals surface area (Å²) in [4.78, 5) is 19.6. The molecule has 0 radical (unpaired) electrons. The van der Waals surface area contributed by atoms with E-state index in [4.69, 9.17) is 4.52 Å². The second-order valence-corrected chi connectivity index (χ2v) is 10.2. The van der Waals surface area contributed by atoms with E-state index in [0.717, 1.165) is 48.3 Å². The fourth-order valence-corrected chi connectivity index (χ4v) is 4.21. The number of aryl methyl sites for hydroxylation is 2. The number of piperidine rings is 1. The predicted octanol–water partition coefficient (Wildman–Crippen LogP) is 5.50. The molecular formula is C27H34N4O2. The van der Waals surface area contributed by atoms with E-state index in [1.165, 1.54) is 5.56 Å². The SMILES string of the molecule is Cc1ccc(C)c(NC(=O)C2CCN(Cc3nc(-c4ccc(C(C)(C)C)cc4)no3)CC2)c1. The van der Waals surface area contributed by atoms with Crippen LogP contribution in [0.2, 0.25) is 0 Å². The minimum atomic E-state index is 0.0285. The number of nitrogens with one attached hydrogen (secondary N) is 1. The Labute approximate surface area is 196 Å². The van der Waals surface area contributed by atoms with Gasteiger partial charge in [0.25, 0.3) is 0 Å². The van der Waals surface area contributed by atoms with Crippen LogP contribution in [0.25, 0.3) is 11.4 Å². The smallest absolute Gasteiger partial charge is 0.241 e. The lowest BCUT2D eigenvalue weighted by Crippen LogP contribution is -2.37. The van der Waals surface area contributed by atoms with Gasteiger partial charge in [-0.2, -0.15) is 4.98 Å². The maximum Gasteiger partial charge on any atom is 0.241 e. The normalized spacial score (nSPS) is 15.5. The Balaban J connectivity index is 1.30. The molecule has 6 nitrogen and oxygen atoms in total. The molecule has 1 saturated heterocycles. The fraction of sp³-hybridized carbons (Fsp3) is 0.444. The molecule has 1 fully saturated rings. The quantitative estimate of drug-likeness (QED) is 0.560. The zero-order valence-electron chi connectivity index (χ0n) is 20.3. The van der Waals surface area contributed by atoms with Gasteiger partial charge in [0, 0.05) is 17.2 Å². The van der Waals surface area contributed by atoms with E-state index in [9.17, 15) is 4.79 Å². The Morgan fingerprint density at radius 2 is 1.79 bits per heavy atom. The van der Waals surface area contributed by atoms with Crippen molar-refractivity contribution in [1.29, 1.82) is 0 Å². The number of amides is 1. The van der Waals surface area contributed by atoms with Crippen LogP contribution in [0.4, 0.5) is 5.69 Å². The van der Waals surface area contributed by atoms with Gasteiger partial charge in [-0.25, -0.2) is 0 Å². The Morgan fingerprint density at radius 1 is 1.09 bits per heavy atom. The predicted molar refractivity (Wildman–Crippen MR) is 131 cm³/mol. The summed E-state index contributed by atoms with van der Waals surface area (Å²) < 4.78 is 5.51. The lowest BCUT2D eigenvalue weighted by Gasteiger charge is -2.30. The molecule has 1 aliphatic rings. The van der Waals surface area contributed by atoms with Crippen molar-refractivity contribution in [3.63, 3.8) is 0 Å². The third-order valence-electron chi connectivity index (χ3n) is 6.45. The Kier molecular flexibility index (Phi) is 6.66. The highest BCUT2D eigenvalue weighted by Crippen LogP contribution is 2.26. The van der Waals surface area contributed by atoms with Crippen LogP contribution < -0.4 is 5.32 Å². The van der Waals surface area contributed by atoms with Gasteiger partial charge in [-0.05, 0) is 68.0 Å². The standard InChI is InChI=1S/C27H34N4O2/c1-18-6-7-19(2)23(16-18)28-26(32)21-12-14-31(15-13-21)17-24-29-25(30-33-24)20-8-10-22(11-9-20)27(3,4)5/h6-11,16,21H,12-15,17H2,1-5H3,(H,28,32). The Bertz CT molecular complexity index is 1100. The van der Waals surface area contributed by atoms with Gasteiger partial charge in [0.15, 0.2) is 0 Å². The Hall–Kier alpha value is -2.99. The number of carbonyl (C=O) groups is 1. The van der Waals surface area contributed by atoms with Gasteiger partial charge in [0.2, 0.25) is 17.6 Å². The molecule has 0 saturated carbocycles. The molecule has 0 atom stereocenters. The van der Waals surface area contributed by atoms with Crippen molar-refractivity contribution in [3.8, 4) is 11.4 Å².